The van der Waals surface area contributed by atoms with E-state index >= 15 is 0 Å². The molecule has 0 spiro atoms. The van der Waals surface area contributed by atoms with E-state index < -0.39 is 0 Å². The number of anilines is 1. The molecule has 0 fully saturated rings. The largest absolute Gasteiger partial charge is 0.365 e. The van der Waals surface area contributed by atoms with Gasteiger partial charge < -0.3 is 10.1 Å². The van der Waals surface area contributed by atoms with Crippen molar-refractivity contribution in [2.75, 3.05) is 19.2 Å². The molecule has 0 amide bonds. The zero-order valence-corrected chi connectivity index (χ0v) is 7.63. The molecule has 66 valence electrons. The summed E-state index contributed by atoms with van der Waals surface area (Å²) in [6.07, 6.45) is 1.05. The molecule has 0 bridgehead atoms. The van der Waals surface area contributed by atoms with E-state index in [1.54, 1.807) is 7.11 Å². The Hall–Kier alpha value is -1.02. The van der Waals surface area contributed by atoms with Gasteiger partial charge in [0.15, 0.2) is 0 Å². The Labute approximate surface area is 73.6 Å². The molecule has 0 heterocycles. The number of aryl methyl sites for hydroxylation is 1. The minimum Gasteiger partial charge on any atom is -0.365 e. The van der Waals surface area contributed by atoms with E-state index in [1.165, 1.54) is 11.3 Å². The van der Waals surface area contributed by atoms with E-state index in [-0.39, 0.29) is 0 Å². The van der Waals surface area contributed by atoms with Crippen molar-refractivity contribution in [2.24, 2.45) is 0 Å². The molecule has 0 atom stereocenters. The van der Waals surface area contributed by atoms with Crippen molar-refractivity contribution in [2.45, 2.75) is 13.3 Å². The molecule has 1 aromatic carbocycles. The Kier molecular flexibility index (Phi) is 3.61. The lowest BCUT2D eigenvalue weighted by atomic mass is 10.1. The molecular weight excluding hydrogens is 150 g/mol. The average molecular weight is 165 g/mol. The summed E-state index contributed by atoms with van der Waals surface area (Å²) in [7, 11) is 1.68. The number of rotatable bonds is 4. The standard InChI is InChI=1S/C10H15NO/c1-3-9-6-4-5-7-10(9)11-8-12-2/h4-7,11H,3,8H2,1-2H3. The second kappa shape index (κ2) is 4.78. The molecule has 1 aromatic rings. The van der Waals surface area contributed by atoms with Gasteiger partial charge in [0.05, 0.1) is 0 Å². The number of ether oxygens (including phenoxy) is 1. The fourth-order valence-electron chi connectivity index (χ4n) is 1.15. The smallest absolute Gasteiger partial charge is 0.116 e. The summed E-state index contributed by atoms with van der Waals surface area (Å²) in [5.74, 6) is 0. The van der Waals surface area contributed by atoms with Gasteiger partial charge >= 0.3 is 0 Å². The van der Waals surface area contributed by atoms with Gasteiger partial charge in [-0.05, 0) is 18.1 Å². The topological polar surface area (TPSA) is 21.3 Å². The quantitative estimate of drug-likeness (QED) is 0.691. The van der Waals surface area contributed by atoms with E-state index in [1.807, 2.05) is 6.07 Å². The number of nitrogens with one attached hydrogen (secondary N) is 1. The number of para-hydroxylation sites is 1. The predicted molar refractivity (Wildman–Crippen MR) is 51.3 cm³/mol. The van der Waals surface area contributed by atoms with Gasteiger partial charge in [-0.25, -0.2) is 0 Å². The fraction of sp³-hybridized carbons (Fsp3) is 0.400. The summed E-state index contributed by atoms with van der Waals surface area (Å²) in [4.78, 5) is 0. The molecule has 2 heteroatoms. The van der Waals surface area contributed by atoms with Crippen molar-refractivity contribution in [1.29, 1.82) is 0 Å². The van der Waals surface area contributed by atoms with Crippen LogP contribution in [0.5, 0.6) is 0 Å². The minimum atomic E-state index is 0.566. The SMILES string of the molecule is CCc1ccccc1NCOC. The first-order chi connectivity index (χ1) is 5.88. The Morgan fingerprint density at radius 3 is 2.75 bits per heavy atom. The second-order valence-corrected chi connectivity index (χ2v) is 2.62. The van der Waals surface area contributed by atoms with Gasteiger partial charge in [-0.1, -0.05) is 25.1 Å². The normalized spacial score (nSPS) is 9.83. The van der Waals surface area contributed by atoms with Gasteiger partial charge in [0.1, 0.15) is 6.73 Å². The first-order valence-electron chi connectivity index (χ1n) is 4.19. The van der Waals surface area contributed by atoms with Crippen LogP contribution in [0.2, 0.25) is 0 Å². The summed E-state index contributed by atoms with van der Waals surface area (Å²) in [6, 6.07) is 8.27. The Morgan fingerprint density at radius 2 is 2.08 bits per heavy atom. The minimum absolute atomic E-state index is 0.566. The lowest BCUT2D eigenvalue weighted by Crippen LogP contribution is -2.04. The third-order valence-corrected chi connectivity index (χ3v) is 1.81. The van der Waals surface area contributed by atoms with E-state index in [4.69, 9.17) is 4.74 Å². The monoisotopic (exact) mass is 165 g/mol. The molecule has 1 N–H and O–H groups in total. The van der Waals surface area contributed by atoms with Crippen LogP contribution in [-0.4, -0.2) is 13.8 Å². The fourth-order valence-corrected chi connectivity index (χ4v) is 1.15. The maximum Gasteiger partial charge on any atom is 0.116 e. The van der Waals surface area contributed by atoms with E-state index in [0.717, 1.165) is 6.42 Å². The van der Waals surface area contributed by atoms with Crippen molar-refractivity contribution < 1.29 is 4.74 Å². The highest BCUT2D eigenvalue weighted by atomic mass is 16.5. The third kappa shape index (κ3) is 2.24. The molecule has 2 nitrogen and oxygen atoms in total. The maximum atomic E-state index is 4.93. The molecule has 0 aliphatic heterocycles. The number of hydrogen-bond acceptors (Lipinski definition) is 2. The van der Waals surface area contributed by atoms with Gasteiger partial charge in [0, 0.05) is 12.8 Å². The summed E-state index contributed by atoms with van der Waals surface area (Å²) >= 11 is 0. The highest BCUT2D eigenvalue weighted by Gasteiger charge is 1.96. The molecule has 0 radical (unpaired) electrons. The van der Waals surface area contributed by atoms with Crippen LogP contribution in [0.4, 0.5) is 5.69 Å². The first kappa shape index (κ1) is 9.07. The Morgan fingerprint density at radius 1 is 1.33 bits per heavy atom. The highest BCUT2D eigenvalue weighted by Crippen LogP contribution is 2.14. The maximum absolute atomic E-state index is 4.93. The van der Waals surface area contributed by atoms with Crippen LogP contribution >= 0.6 is 0 Å². The lowest BCUT2D eigenvalue weighted by Gasteiger charge is -2.08. The van der Waals surface area contributed by atoms with Crippen LogP contribution < -0.4 is 5.32 Å². The lowest BCUT2D eigenvalue weighted by molar-refractivity contribution is 0.221. The second-order valence-electron chi connectivity index (χ2n) is 2.62. The van der Waals surface area contributed by atoms with Gasteiger partial charge in [0.25, 0.3) is 0 Å². The molecule has 0 aliphatic rings. The van der Waals surface area contributed by atoms with Crippen molar-refractivity contribution in [3.8, 4) is 0 Å². The summed E-state index contributed by atoms with van der Waals surface area (Å²) in [5.41, 5.74) is 2.50. The van der Waals surface area contributed by atoms with Gasteiger partial charge in [-0.2, -0.15) is 0 Å². The number of methoxy groups -OCH3 is 1. The molecule has 0 aromatic heterocycles. The number of benzene rings is 1. The van der Waals surface area contributed by atoms with Crippen molar-refractivity contribution in [3.63, 3.8) is 0 Å². The van der Waals surface area contributed by atoms with Crippen LogP contribution in [-0.2, 0) is 11.2 Å². The highest BCUT2D eigenvalue weighted by molar-refractivity contribution is 5.50. The number of hydrogen-bond donors (Lipinski definition) is 1. The zero-order valence-electron chi connectivity index (χ0n) is 7.63. The van der Waals surface area contributed by atoms with Crippen molar-refractivity contribution in [3.05, 3.63) is 29.8 Å². The van der Waals surface area contributed by atoms with Crippen LogP contribution in [0.1, 0.15) is 12.5 Å². The molecule has 0 unspecified atom stereocenters. The predicted octanol–water partition coefficient (Wildman–Crippen LogP) is 2.26. The van der Waals surface area contributed by atoms with Gasteiger partial charge in [0.2, 0.25) is 0 Å². The summed E-state index contributed by atoms with van der Waals surface area (Å²) in [6.45, 7) is 2.71. The van der Waals surface area contributed by atoms with Crippen LogP contribution in [0.25, 0.3) is 0 Å². The summed E-state index contributed by atoms with van der Waals surface area (Å²) in [5, 5.41) is 3.19. The van der Waals surface area contributed by atoms with Crippen molar-refractivity contribution in [1.82, 2.24) is 0 Å². The van der Waals surface area contributed by atoms with E-state index in [0.29, 0.717) is 6.73 Å². The van der Waals surface area contributed by atoms with E-state index in [9.17, 15) is 0 Å². The van der Waals surface area contributed by atoms with Gasteiger partial charge in [-0.15, -0.1) is 0 Å². The van der Waals surface area contributed by atoms with Crippen LogP contribution in [0, 0.1) is 0 Å². The van der Waals surface area contributed by atoms with Crippen LogP contribution in [0.3, 0.4) is 0 Å². The van der Waals surface area contributed by atoms with E-state index in [2.05, 4.69) is 30.4 Å². The Bertz CT molecular complexity index is 235. The molecule has 12 heavy (non-hydrogen) atoms. The van der Waals surface area contributed by atoms with Crippen molar-refractivity contribution >= 4 is 5.69 Å². The van der Waals surface area contributed by atoms with Gasteiger partial charge in [-0.3, -0.25) is 0 Å². The molecule has 0 saturated heterocycles. The molecule has 1 rings (SSSR count). The third-order valence-electron chi connectivity index (χ3n) is 1.81. The molecule has 0 saturated carbocycles. The first-order valence-corrected chi connectivity index (χ1v) is 4.19. The molecular formula is C10H15NO. The zero-order chi connectivity index (χ0) is 8.81. The summed E-state index contributed by atoms with van der Waals surface area (Å²) < 4.78 is 4.93. The van der Waals surface area contributed by atoms with Crippen LogP contribution in [0.15, 0.2) is 24.3 Å². The average Bonchev–Trinajstić information content (AvgIpc) is 2.15. The Balaban J connectivity index is 2.68. The molecule has 0 aliphatic carbocycles.